The summed E-state index contributed by atoms with van der Waals surface area (Å²) in [7, 11) is 0. The lowest BCUT2D eigenvalue weighted by Crippen LogP contribution is -2.15. The summed E-state index contributed by atoms with van der Waals surface area (Å²) < 4.78 is 14.8. The number of anilines is 1. The second kappa shape index (κ2) is 6.17. The van der Waals surface area contributed by atoms with Gasteiger partial charge in [-0.3, -0.25) is 9.48 Å². The van der Waals surface area contributed by atoms with Gasteiger partial charge in [-0.05, 0) is 24.6 Å². The van der Waals surface area contributed by atoms with Gasteiger partial charge in [-0.25, -0.2) is 9.18 Å². The van der Waals surface area contributed by atoms with Crippen LogP contribution in [0.2, 0.25) is 0 Å². The topological polar surface area (TPSA) is 84.2 Å². The average Bonchev–Trinajstić information content (AvgIpc) is 2.90. The molecule has 0 aliphatic heterocycles. The molecule has 0 aliphatic rings. The molecule has 0 unspecified atom stereocenters. The Balaban J connectivity index is 1.92. The number of amides is 1. The number of carboxylic acids is 1. The van der Waals surface area contributed by atoms with Crippen LogP contribution < -0.4 is 5.32 Å². The molecule has 0 spiro atoms. The first-order valence-electron chi connectivity index (χ1n) is 6.27. The van der Waals surface area contributed by atoms with E-state index in [1.807, 2.05) is 0 Å². The van der Waals surface area contributed by atoms with E-state index in [0.717, 1.165) is 5.56 Å². The molecule has 2 aromatic rings. The molecule has 7 heteroatoms. The Hall–Kier alpha value is -2.70. The summed E-state index contributed by atoms with van der Waals surface area (Å²) in [6, 6.07) is 4.45. The number of carboxylic acid groups (broad SMARTS) is 1. The summed E-state index contributed by atoms with van der Waals surface area (Å²) in [5.74, 6) is -1.94. The molecule has 0 radical (unpaired) electrons. The molecule has 0 saturated heterocycles. The number of hydrogen-bond donors (Lipinski definition) is 2. The summed E-state index contributed by atoms with van der Waals surface area (Å²) in [6.45, 7) is 2.01. The van der Waals surface area contributed by atoms with E-state index in [1.165, 1.54) is 23.1 Å². The van der Waals surface area contributed by atoms with Gasteiger partial charge in [0, 0.05) is 19.2 Å². The van der Waals surface area contributed by atoms with Crippen LogP contribution in [0.5, 0.6) is 0 Å². The van der Waals surface area contributed by atoms with Crippen molar-refractivity contribution >= 4 is 17.6 Å². The minimum atomic E-state index is -1.08. The van der Waals surface area contributed by atoms with Crippen molar-refractivity contribution in [1.82, 2.24) is 9.78 Å². The predicted molar refractivity (Wildman–Crippen MR) is 73.6 cm³/mol. The fourth-order valence-electron chi connectivity index (χ4n) is 1.76. The molecule has 0 bridgehead atoms. The van der Waals surface area contributed by atoms with Gasteiger partial charge in [-0.1, -0.05) is 6.07 Å². The Morgan fingerprint density at radius 3 is 2.86 bits per heavy atom. The number of rotatable bonds is 5. The minimum Gasteiger partial charge on any atom is -0.478 e. The molecule has 1 aromatic heterocycles. The number of nitrogens with zero attached hydrogens (tertiary/aromatic N) is 2. The zero-order valence-electron chi connectivity index (χ0n) is 11.3. The van der Waals surface area contributed by atoms with Crippen LogP contribution in [0.25, 0.3) is 0 Å². The maximum absolute atomic E-state index is 13.5. The first kappa shape index (κ1) is 14.7. The summed E-state index contributed by atoms with van der Waals surface area (Å²) in [5, 5.41) is 15.1. The van der Waals surface area contributed by atoms with Crippen molar-refractivity contribution in [3.05, 3.63) is 47.5 Å². The van der Waals surface area contributed by atoms with E-state index in [2.05, 4.69) is 10.4 Å². The van der Waals surface area contributed by atoms with E-state index in [0.29, 0.717) is 0 Å². The van der Waals surface area contributed by atoms with Crippen molar-refractivity contribution in [2.24, 2.45) is 0 Å². The lowest BCUT2D eigenvalue weighted by Gasteiger charge is -2.07. The van der Waals surface area contributed by atoms with Gasteiger partial charge in [-0.15, -0.1) is 0 Å². The molecule has 0 fully saturated rings. The molecule has 0 atom stereocenters. The van der Waals surface area contributed by atoms with Gasteiger partial charge >= 0.3 is 5.97 Å². The minimum absolute atomic E-state index is 0.0557. The third-order valence-electron chi connectivity index (χ3n) is 2.84. The van der Waals surface area contributed by atoms with Gasteiger partial charge in [0.25, 0.3) is 0 Å². The van der Waals surface area contributed by atoms with Gasteiger partial charge in [0.1, 0.15) is 5.82 Å². The van der Waals surface area contributed by atoms with E-state index in [4.69, 9.17) is 5.11 Å². The molecule has 110 valence electrons. The maximum Gasteiger partial charge on any atom is 0.338 e. The largest absolute Gasteiger partial charge is 0.478 e. The Morgan fingerprint density at radius 2 is 2.19 bits per heavy atom. The number of aromatic nitrogens is 2. The van der Waals surface area contributed by atoms with Gasteiger partial charge in [0.2, 0.25) is 5.91 Å². The molecule has 1 aromatic carbocycles. The molecule has 1 heterocycles. The molecule has 2 N–H and O–H groups in total. The van der Waals surface area contributed by atoms with Crippen LogP contribution in [0.4, 0.5) is 10.1 Å². The number of nitrogens with one attached hydrogen (secondary N) is 1. The highest BCUT2D eigenvalue weighted by atomic mass is 19.1. The first-order chi connectivity index (χ1) is 9.95. The summed E-state index contributed by atoms with van der Waals surface area (Å²) >= 11 is 0. The number of aromatic carboxylic acids is 1. The molecular formula is C14H14FN3O3. The van der Waals surface area contributed by atoms with Crippen LogP contribution in [-0.2, 0) is 11.3 Å². The summed E-state index contributed by atoms with van der Waals surface area (Å²) in [5.41, 5.74) is 1.02. The summed E-state index contributed by atoms with van der Waals surface area (Å²) in [6.07, 6.45) is 2.61. The first-order valence-corrected chi connectivity index (χ1v) is 6.27. The third-order valence-corrected chi connectivity index (χ3v) is 2.84. The Kier molecular flexibility index (Phi) is 4.32. The molecule has 1 amide bonds. The van der Waals surface area contributed by atoms with Gasteiger partial charge in [0.05, 0.1) is 17.4 Å². The van der Waals surface area contributed by atoms with E-state index in [9.17, 15) is 14.0 Å². The average molecular weight is 291 g/mol. The standard InChI is InChI=1S/C14H14FN3O3/c1-9-2-3-11(15)12(6-9)17-13(19)4-5-18-8-10(7-16-18)14(20)21/h2-3,6-8H,4-5H2,1H3,(H,17,19)(H,20,21). The quantitative estimate of drug-likeness (QED) is 0.883. The van der Waals surface area contributed by atoms with Crippen molar-refractivity contribution in [3.63, 3.8) is 0 Å². The van der Waals surface area contributed by atoms with E-state index in [-0.39, 0.29) is 30.1 Å². The SMILES string of the molecule is Cc1ccc(F)c(NC(=O)CCn2cc(C(=O)O)cn2)c1. The molecular weight excluding hydrogens is 277 g/mol. The second-order valence-electron chi connectivity index (χ2n) is 4.58. The van der Waals surface area contributed by atoms with E-state index >= 15 is 0 Å². The number of benzene rings is 1. The number of carbonyl (C=O) groups is 2. The van der Waals surface area contributed by atoms with Crippen LogP contribution in [0.3, 0.4) is 0 Å². The monoisotopic (exact) mass is 291 g/mol. The molecule has 0 aliphatic carbocycles. The van der Waals surface area contributed by atoms with Crippen LogP contribution in [0.1, 0.15) is 22.3 Å². The van der Waals surface area contributed by atoms with Crippen molar-refractivity contribution < 1.29 is 19.1 Å². The Labute approximate surface area is 120 Å². The smallest absolute Gasteiger partial charge is 0.338 e. The highest BCUT2D eigenvalue weighted by Crippen LogP contribution is 2.15. The number of aryl methyl sites for hydroxylation is 2. The van der Waals surface area contributed by atoms with Gasteiger partial charge < -0.3 is 10.4 Å². The fraction of sp³-hybridized carbons (Fsp3) is 0.214. The Morgan fingerprint density at radius 1 is 1.43 bits per heavy atom. The zero-order valence-corrected chi connectivity index (χ0v) is 11.3. The summed E-state index contributed by atoms with van der Waals surface area (Å²) in [4.78, 5) is 22.4. The zero-order chi connectivity index (χ0) is 15.4. The highest BCUT2D eigenvalue weighted by Gasteiger charge is 2.09. The second-order valence-corrected chi connectivity index (χ2v) is 4.58. The van der Waals surface area contributed by atoms with Crippen LogP contribution in [0, 0.1) is 12.7 Å². The Bertz CT molecular complexity index is 682. The highest BCUT2D eigenvalue weighted by molar-refractivity contribution is 5.91. The molecule has 6 nitrogen and oxygen atoms in total. The van der Waals surface area contributed by atoms with Crippen molar-refractivity contribution in [2.45, 2.75) is 19.9 Å². The van der Waals surface area contributed by atoms with Crippen LogP contribution in [0.15, 0.2) is 30.6 Å². The predicted octanol–water partition coefficient (Wildman–Crippen LogP) is 2.06. The maximum atomic E-state index is 13.5. The number of hydrogen-bond acceptors (Lipinski definition) is 3. The normalized spacial score (nSPS) is 10.4. The third kappa shape index (κ3) is 3.88. The van der Waals surface area contributed by atoms with E-state index in [1.54, 1.807) is 19.1 Å². The molecule has 21 heavy (non-hydrogen) atoms. The molecule has 2 rings (SSSR count). The van der Waals surface area contributed by atoms with Gasteiger partial charge in [0.15, 0.2) is 0 Å². The van der Waals surface area contributed by atoms with Crippen LogP contribution in [-0.4, -0.2) is 26.8 Å². The van der Waals surface area contributed by atoms with Gasteiger partial charge in [-0.2, -0.15) is 5.10 Å². The number of carbonyl (C=O) groups excluding carboxylic acids is 1. The lowest BCUT2D eigenvalue weighted by molar-refractivity contribution is -0.116. The molecule has 0 saturated carbocycles. The number of halogens is 1. The van der Waals surface area contributed by atoms with Crippen molar-refractivity contribution in [2.75, 3.05) is 5.32 Å². The lowest BCUT2D eigenvalue weighted by atomic mass is 10.2. The van der Waals surface area contributed by atoms with Crippen molar-refractivity contribution in [3.8, 4) is 0 Å². The van der Waals surface area contributed by atoms with Crippen molar-refractivity contribution in [1.29, 1.82) is 0 Å². The van der Waals surface area contributed by atoms with E-state index < -0.39 is 11.8 Å². The fourth-order valence-corrected chi connectivity index (χ4v) is 1.76. The van der Waals surface area contributed by atoms with Crippen LogP contribution >= 0.6 is 0 Å².